The van der Waals surface area contributed by atoms with E-state index in [9.17, 15) is 28.8 Å². The highest BCUT2D eigenvalue weighted by Crippen LogP contribution is 2.65. The minimum absolute atomic E-state index is 0.0740. The van der Waals surface area contributed by atoms with Crippen molar-refractivity contribution in [1.82, 2.24) is 26.2 Å². The van der Waals surface area contributed by atoms with Gasteiger partial charge in [0.1, 0.15) is 18.1 Å². The highest BCUT2D eigenvalue weighted by molar-refractivity contribution is 8.16. The summed E-state index contributed by atoms with van der Waals surface area (Å²) in [6, 6.07) is -3.73. The Morgan fingerprint density at radius 3 is 2.28 bits per heavy atom. The minimum atomic E-state index is -1.00. The van der Waals surface area contributed by atoms with Crippen molar-refractivity contribution < 1.29 is 28.8 Å². The Hall–Kier alpha value is -3.22. The maximum Gasteiger partial charge on any atom is 0.289 e. The molecule has 1 saturated heterocycles. The molecule has 276 valence electrons. The van der Waals surface area contributed by atoms with E-state index >= 15 is 0 Å². The van der Waals surface area contributed by atoms with Gasteiger partial charge in [-0.2, -0.15) is 0 Å². The summed E-state index contributed by atoms with van der Waals surface area (Å²) in [6.45, 7) is 16.4. The zero-order valence-corrected chi connectivity index (χ0v) is 31.4. The number of Topliss-reactive ketones (excluding diaryl/α,β-unsaturated/α-hetero) is 1. The summed E-state index contributed by atoms with van der Waals surface area (Å²) in [7, 11) is 0. The van der Waals surface area contributed by atoms with Crippen molar-refractivity contribution in [2.75, 3.05) is 25.4 Å². The highest BCUT2D eigenvalue weighted by atomic mass is 32.2. The SMILES string of the molecule is C=CCNC(=O)C(=O)C(CC1CC1)NC(=O)[C@@H]1[C@@H]2[C@H](CN1C(=O)[C@@H](NC(=O)[C@@H](NC(=O)C1=NCCS1)C1(C)CCCCC1)C(C)(C)C)C2(C)C. The number of nitrogens with zero attached hydrogens (tertiary/aromatic N) is 2. The number of piperidine rings is 1. The first kappa shape index (κ1) is 38.0. The fourth-order valence-corrected chi connectivity index (χ4v) is 9.06. The molecule has 0 aromatic rings. The fourth-order valence-electron chi connectivity index (χ4n) is 8.31. The number of hydrogen-bond donors (Lipinski definition) is 4. The molecule has 2 heterocycles. The maximum atomic E-state index is 14.6. The second-order valence-corrected chi connectivity index (χ2v) is 18.0. The first-order valence-electron chi connectivity index (χ1n) is 18.3. The van der Waals surface area contributed by atoms with Crippen LogP contribution in [-0.4, -0.2) is 94.8 Å². The third kappa shape index (κ3) is 8.12. The quantitative estimate of drug-likeness (QED) is 0.159. The molecule has 4 fully saturated rings. The molecule has 0 aromatic heterocycles. The summed E-state index contributed by atoms with van der Waals surface area (Å²) in [5.74, 6) is -2.20. The standard InChI is InChI=1S/C37H56N6O6S/c1-8-16-38-30(46)26(44)23(19-21-12-13-21)40-29(45)25-24-22(36(24,5)6)20-43(25)34(49)28(35(2,3)4)42-31(47)27(37(7)14-10-9-11-15-37)41-32(48)33-39-17-18-50-33/h8,21-25,27-28H,1,9-20H2,2-7H3,(H,38,46)(H,40,45)(H,41,48)(H,42,47)/t22-,23?,24-,25-,27+,28+/m0/s1. The summed E-state index contributed by atoms with van der Waals surface area (Å²) in [5.41, 5.74) is -1.43. The van der Waals surface area contributed by atoms with Gasteiger partial charge in [-0.3, -0.25) is 33.8 Å². The normalized spacial score (nSPS) is 26.7. The largest absolute Gasteiger partial charge is 0.346 e. The molecular weight excluding hydrogens is 657 g/mol. The molecule has 6 atom stereocenters. The van der Waals surface area contributed by atoms with Crippen molar-refractivity contribution in [1.29, 1.82) is 0 Å². The Labute approximate surface area is 300 Å². The fraction of sp³-hybridized carbons (Fsp3) is 0.757. The molecule has 0 aromatic carbocycles. The van der Waals surface area contributed by atoms with E-state index in [-0.39, 0.29) is 41.5 Å². The van der Waals surface area contributed by atoms with Crippen LogP contribution in [0, 0.1) is 34.0 Å². The number of likely N-dealkylation sites (tertiary alicyclic amines) is 1. The molecule has 4 N–H and O–H groups in total. The number of fused-ring (bicyclic) bond motifs is 1. The van der Waals surface area contributed by atoms with Gasteiger partial charge in [-0.25, -0.2) is 0 Å². The summed E-state index contributed by atoms with van der Waals surface area (Å²) in [4.78, 5) is 88.2. The monoisotopic (exact) mass is 712 g/mol. The highest BCUT2D eigenvalue weighted by Gasteiger charge is 2.70. The van der Waals surface area contributed by atoms with Crippen molar-refractivity contribution in [3.63, 3.8) is 0 Å². The number of carbonyl (C=O) groups excluding carboxylic acids is 6. The van der Waals surface area contributed by atoms with E-state index in [0.29, 0.717) is 24.6 Å². The average Bonchev–Trinajstić information content (AvgIpc) is 3.75. The summed E-state index contributed by atoms with van der Waals surface area (Å²) in [6.07, 6.45) is 8.18. The van der Waals surface area contributed by atoms with Crippen molar-refractivity contribution >= 4 is 52.1 Å². The zero-order chi connectivity index (χ0) is 36.6. The Kier molecular flexibility index (Phi) is 11.2. The van der Waals surface area contributed by atoms with E-state index < -0.39 is 58.5 Å². The van der Waals surface area contributed by atoms with Crippen LogP contribution in [0.2, 0.25) is 0 Å². The van der Waals surface area contributed by atoms with E-state index in [4.69, 9.17) is 0 Å². The minimum Gasteiger partial charge on any atom is -0.346 e. The van der Waals surface area contributed by atoms with Crippen molar-refractivity contribution in [3.05, 3.63) is 12.7 Å². The molecule has 0 bridgehead atoms. The number of rotatable bonds is 14. The number of amides is 5. The molecule has 0 radical (unpaired) electrons. The molecule has 5 amide bonds. The summed E-state index contributed by atoms with van der Waals surface area (Å²) >= 11 is 1.37. The molecule has 5 aliphatic rings. The van der Waals surface area contributed by atoms with E-state index in [2.05, 4.69) is 46.7 Å². The Morgan fingerprint density at radius 1 is 1.02 bits per heavy atom. The number of thioether (sulfide) groups is 1. The van der Waals surface area contributed by atoms with Crippen molar-refractivity contribution in [2.45, 2.75) is 117 Å². The molecule has 0 spiro atoms. The molecule has 2 aliphatic heterocycles. The van der Waals surface area contributed by atoms with Crippen LogP contribution in [0.5, 0.6) is 0 Å². The molecule has 13 heteroatoms. The lowest BCUT2D eigenvalue weighted by Crippen LogP contribution is -2.64. The van der Waals surface area contributed by atoms with Crippen molar-refractivity contribution in [3.8, 4) is 0 Å². The summed E-state index contributed by atoms with van der Waals surface area (Å²) < 4.78 is 0. The van der Waals surface area contributed by atoms with E-state index in [1.807, 2.05) is 27.7 Å². The molecule has 3 saturated carbocycles. The molecule has 3 aliphatic carbocycles. The van der Waals surface area contributed by atoms with Gasteiger partial charge in [0.05, 0.1) is 6.04 Å². The van der Waals surface area contributed by atoms with Crippen LogP contribution in [0.3, 0.4) is 0 Å². The van der Waals surface area contributed by atoms with Gasteiger partial charge in [-0.1, -0.05) is 91.5 Å². The van der Waals surface area contributed by atoms with Crippen LogP contribution in [0.1, 0.15) is 92.9 Å². The van der Waals surface area contributed by atoms with Gasteiger partial charge >= 0.3 is 0 Å². The topological polar surface area (TPSA) is 166 Å². The predicted molar refractivity (Wildman–Crippen MR) is 193 cm³/mol. The Morgan fingerprint density at radius 2 is 1.70 bits per heavy atom. The van der Waals surface area contributed by atoms with Crippen LogP contribution >= 0.6 is 11.8 Å². The Bertz CT molecular complexity index is 1430. The maximum absolute atomic E-state index is 14.6. The predicted octanol–water partition coefficient (Wildman–Crippen LogP) is 2.76. The Balaban J connectivity index is 1.37. The van der Waals surface area contributed by atoms with E-state index in [1.54, 1.807) is 4.90 Å². The van der Waals surface area contributed by atoms with E-state index in [0.717, 1.165) is 50.7 Å². The van der Waals surface area contributed by atoms with Crippen molar-refractivity contribution in [2.24, 2.45) is 39.0 Å². The first-order valence-corrected chi connectivity index (χ1v) is 19.3. The number of nitrogens with one attached hydrogen (secondary N) is 4. The van der Waals surface area contributed by atoms with Gasteiger partial charge in [0, 0.05) is 25.4 Å². The lowest BCUT2D eigenvalue weighted by atomic mass is 9.70. The number of aliphatic imine (C=N–C) groups is 1. The number of hydrogen-bond acceptors (Lipinski definition) is 8. The first-order chi connectivity index (χ1) is 23.5. The lowest BCUT2D eigenvalue weighted by Gasteiger charge is -2.42. The van der Waals surface area contributed by atoms with Gasteiger partial charge in [0.15, 0.2) is 5.04 Å². The second kappa shape index (κ2) is 14.8. The van der Waals surface area contributed by atoms with Crippen LogP contribution in [0.4, 0.5) is 0 Å². The molecule has 5 rings (SSSR count). The molecule has 12 nitrogen and oxygen atoms in total. The zero-order valence-electron chi connectivity index (χ0n) is 30.6. The third-order valence-electron chi connectivity index (χ3n) is 11.7. The number of ketones is 1. The lowest BCUT2D eigenvalue weighted by molar-refractivity contribution is -0.147. The van der Waals surface area contributed by atoms with Gasteiger partial charge in [0.25, 0.3) is 11.8 Å². The summed E-state index contributed by atoms with van der Waals surface area (Å²) in [5, 5.41) is 11.8. The second-order valence-electron chi connectivity index (χ2n) is 17.0. The van der Waals surface area contributed by atoms with E-state index in [1.165, 1.54) is 17.8 Å². The molecular formula is C37H56N6O6S. The van der Waals surface area contributed by atoms with Gasteiger partial charge in [0.2, 0.25) is 23.5 Å². The van der Waals surface area contributed by atoms with Gasteiger partial charge < -0.3 is 26.2 Å². The number of carbonyl (C=O) groups is 6. The van der Waals surface area contributed by atoms with Gasteiger partial charge in [-0.05, 0) is 53.3 Å². The smallest absolute Gasteiger partial charge is 0.289 e. The van der Waals surface area contributed by atoms with Crippen LogP contribution in [-0.2, 0) is 28.8 Å². The van der Waals surface area contributed by atoms with Crippen LogP contribution < -0.4 is 21.3 Å². The molecule has 1 unspecified atom stereocenters. The molecule has 50 heavy (non-hydrogen) atoms. The average molecular weight is 713 g/mol. The van der Waals surface area contributed by atoms with Crippen LogP contribution in [0.25, 0.3) is 0 Å². The third-order valence-corrected chi connectivity index (χ3v) is 12.7. The van der Waals surface area contributed by atoms with Crippen LogP contribution in [0.15, 0.2) is 17.6 Å². The van der Waals surface area contributed by atoms with Gasteiger partial charge in [-0.15, -0.1) is 6.58 Å².